The van der Waals surface area contributed by atoms with Crippen LogP contribution >= 0.6 is 11.3 Å². The number of hydrogen-bond acceptors (Lipinski definition) is 4. The van der Waals surface area contributed by atoms with Gasteiger partial charge in [0.1, 0.15) is 4.83 Å². The van der Waals surface area contributed by atoms with Gasteiger partial charge >= 0.3 is 0 Å². The van der Waals surface area contributed by atoms with Crippen molar-refractivity contribution in [1.29, 1.82) is 0 Å². The standard InChI is InChI=1S/C17H25N3O2S/c1-5-8-10-19(7-3)17(22)14-12(4)13-15(23-14)18-11-20(9-6-2)16(13)21/h11H,5-10H2,1-4H3. The van der Waals surface area contributed by atoms with E-state index in [1.54, 1.807) is 10.9 Å². The Hall–Kier alpha value is -1.69. The topological polar surface area (TPSA) is 55.2 Å². The maximum Gasteiger partial charge on any atom is 0.264 e. The van der Waals surface area contributed by atoms with Crippen molar-refractivity contribution in [1.82, 2.24) is 14.5 Å². The quantitative estimate of drug-likeness (QED) is 0.779. The number of aromatic nitrogens is 2. The number of carbonyl (C=O) groups is 1. The average Bonchev–Trinajstić information content (AvgIpc) is 2.88. The van der Waals surface area contributed by atoms with Crippen LogP contribution in [-0.4, -0.2) is 33.4 Å². The van der Waals surface area contributed by atoms with Crippen LogP contribution in [0.5, 0.6) is 0 Å². The lowest BCUT2D eigenvalue weighted by molar-refractivity contribution is 0.0766. The van der Waals surface area contributed by atoms with Crippen molar-refractivity contribution < 1.29 is 4.79 Å². The number of hydrogen-bond donors (Lipinski definition) is 0. The van der Waals surface area contributed by atoms with E-state index in [4.69, 9.17) is 0 Å². The van der Waals surface area contributed by atoms with Gasteiger partial charge in [0.25, 0.3) is 11.5 Å². The number of unbranched alkanes of at least 4 members (excludes halogenated alkanes) is 1. The lowest BCUT2D eigenvalue weighted by Gasteiger charge is -2.20. The minimum Gasteiger partial charge on any atom is -0.338 e. The van der Waals surface area contributed by atoms with E-state index in [-0.39, 0.29) is 11.5 Å². The third-order valence-electron chi connectivity index (χ3n) is 4.03. The van der Waals surface area contributed by atoms with Gasteiger partial charge in [-0.3, -0.25) is 14.2 Å². The fourth-order valence-electron chi connectivity index (χ4n) is 2.66. The van der Waals surface area contributed by atoms with Crippen LogP contribution in [0.4, 0.5) is 0 Å². The molecule has 0 unspecified atom stereocenters. The molecular formula is C17H25N3O2S. The van der Waals surface area contributed by atoms with Gasteiger partial charge in [-0.25, -0.2) is 4.98 Å². The summed E-state index contributed by atoms with van der Waals surface area (Å²) in [7, 11) is 0. The maximum absolute atomic E-state index is 12.8. The van der Waals surface area contributed by atoms with Gasteiger partial charge in [0.05, 0.1) is 16.6 Å². The van der Waals surface area contributed by atoms with E-state index >= 15 is 0 Å². The van der Waals surface area contributed by atoms with Gasteiger partial charge in [-0.2, -0.15) is 0 Å². The fraction of sp³-hybridized carbons (Fsp3) is 0.588. The van der Waals surface area contributed by atoms with Crippen molar-refractivity contribution in [3.8, 4) is 0 Å². The summed E-state index contributed by atoms with van der Waals surface area (Å²) in [5, 5.41) is 0.598. The van der Waals surface area contributed by atoms with Gasteiger partial charge in [-0.15, -0.1) is 11.3 Å². The first-order valence-electron chi connectivity index (χ1n) is 8.32. The number of thiophene rings is 1. The highest BCUT2D eigenvalue weighted by molar-refractivity contribution is 7.20. The second kappa shape index (κ2) is 7.73. The van der Waals surface area contributed by atoms with Crippen molar-refractivity contribution in [3.63, 3.8) is 0 Å². The minimum atomic E-state index is -0.0405. The first kappa shape index (κ1) is 17.7. The lowest BCUT2D eigenvalue weighted by atomic mass is 10.2. The number of nitrogens with zero attached hydrogens (tertiary/aromatic N) is 3. The zero-order valence-electron chi connectivity index (χ0n) is 14.4. The number of rotatable bonds is 7. The van der Waals surface area contributed by atoms with Crippen LogP contribution in [0.1, 0.15) is 55.3 Å². The Morgan fingerprint density at radius 1 is 1.30 bits per heavy atom. The van der Waals surface area contributed by atoms with Gasteiger partial charge < -0.3 is 4.90 Å². The van der Waals surface area contributed by atoms with E-state index in [1.165, 1.54) is 11.3 Å². The molecule has 1 amide bonds. The minimum absolute atomic E-state index is 0.0166. The molecule has 23 heavy (non-hydrogen) atoms. The second-order valence-electron chi connectivity index (χ2n) is 5.72. The first-order chi connectivity index (χ1) is 11.0. The Morgan fingerprint density at radius 3 is 2.65 bits per heavy atom. The molecule has 0 aromatic carbocycles. The number of aryl methyl sites for hydroxylation is 2. The summed E-state index contributed by atoms with van der Waals surface area (Å²) >= 11 is 1.33. The normalized spacial score (nSPS) is 11.1. The van der Waals surface area contributed by atoms with E-state index < -0.39 is 0 Å². The molecule has 0 fully saturated rings. The van der Waals surface area contributed by atoms with E-state index in [9.17, 15) is 9.59 Å². The summed E-state index contributed by atoms with van der Waals surface area (Å²) in [5.74, 6) is 0.0166. The van der Waals surface area contributed by atoms with Crippen LogP contribution < -0.4 is 5.56 Å². The molecule has 0 aliphatic heterocycles. The van der Waals surface area contributed by atoms with Crippen LogP contribution in [0.3, 0.4) is 0 Å². The Bertz CT molecular complexity index is 748. The lowest BCUT2D eigenvalue weighted by Crippen LogP contribution is -2.31. The second-order valence-corrected chi connectivity index (χ2v) is 6.72. The summed E-state index contributed by atoms with van der Waals surface area (Å²) in [6.07, 6.45) is 4.51. The molecule has 2 aromatic heterocycles. The van der Waals surface area contributed by atoms with Gasteiger partial charge in [-0.05, 0) is 32.3 Å². The molecule has 0 saturated carbocycles. The van der Waals surface area contributed by atoms with E-state index in [0.717, 1.165) is 31.4 Å². The molecule has 2 aromatic rings. The predicted octanol–water partition coefficient (Wildman–Crippen LogP) is 3.44. The van der Waals surface area contributed by atoms with Gasteiger partial charge in [-0.1, -0.05) is 20.3 Å². The molecule has 0 bridgehead atoms. The Labute approximate surface area is 140 Å². The van der Waals surface area contributed by atoms with Crippen molar-refractivity contribution in [2.24, 2.45) is 0 Å². The summed E-state index contributed by atoms with van der Waals surface area (Å²) < 4.78 is 1.63. The molecule has 0 aliphatic carbocycles. The van der Waals surface area contributed by atoms with Gasteiger partial charge in [0.2, 0.25) is 0 Å². The highest BCUT2D eigenvalue weighted by Crippen LogP contribution is 2.28. The molecule has 0 spiro atoms. The maximum atomic E-state index is 12.8. The Kier molecular flexibility index (Phi) is 5.93. The van der Waals surface area contributed by atoms with Crippen molar-refractivity contribution in [3.05, 3.63) is 27.1 Å². The molecule has 0 aliphatic rings. The van der Waals surface area contributed by atoms with Crippen LogP contribution in [0.2, 0.25) is 0 Å². The van der Waals surface area contributed by atoms with Crippen molar-refractivity contribution >= 4 is 27.5 Å². The molecule has 0 N–H and O–H groups in total. The SMILES string of the molecule is CCCCN(CC)C(=O)c1sc2ncn(CCC)c(=O)c2c1C. The molecule has 126 valence electrons. The van der Waals surface area contributed by atoms with Gasteiger partial charge in [0.15, 0.2) is 0 Å². The van der Waals surface area contributed by atoms with Gasteiger partial charge in [0, 0.05) is 19.6 Å². The summed E-state index contributed by atoms with van der Waals surface area (Å²) in [4.78, 5) is 32.9. The van der Waals surface area contributed by atoms with Crippen molar-refractivity contribution in [2.75, 3.05) is 13.1 Å². The van der Waals surface area contributed by atoms with Crippen LogP contribution in [0.15, 0.2) is 11.1 Å². The van der Waals surface area contributed by atoms with E-state index in [2.05, 4.69) is 11.9 Å². The van der Waals surface area contributed by atoms with E-state index in [1.807, 2.05) is 25.7 Å². The molecule has 0 saturated heterocycles. The average molecular weight is 335 g/mol. The third-order valence-corrected chi connectivity index (χ3v) is 5.21. The van der Waals surface area contributed by atoms with Crippen LogP contribution in [-0.2, 0) is 6.54 Å². The summed E-state index contributed by atoms with van der Waals surface area (Å²) in [6, 6.07) is 0. The first-order valence-corrected chi connectivity index (χ1v) is 9.14. The zero-order chi connectivity index (χ0) is 17.0. The highest BCUT2D eigenvalue weighted by Gasteiger charge is 2.22. The molecule has 2 heterocycles. The van der Waals surface area contributed by atoms with E-state index in [0.29, 0.717) is 28.2 Å². The number of carbonyl (C=O) groups excluding carboxylic acids is 1. The molecular weight excluding hydrogens is 310 g/mol. The Morgan fingerprint density at radius 2 is 2.04 bits per heavy atom. The molecule has 2 rings (SSSR count). The monoisotopic (exact) mass is 335 g/mol. The molecule has 6 heteroatoms. The largest absolute Gasteiger partial charge is 0.338 e. The summed E-state index contributed by atoms with van der Waals surface area (Å²) in [5.41, 5.74) is 0.731. The van der Waals surface area contributed by atoms with Crippen LogP contribution in [0.25, 0.3) is 10.2 Å². The number of fused-ring (bicyclic) bond motifs is 1. The third kappa shape index (κ3) is 3.47. The Balaban J connectivity index is 2.46. The highest BCUT2D eigenvalue weighted by atomic mass is 32.1. The van der Waals surface area contributed by atoms with Crippen molar-refractivity contribution in [2.45, 2.75) is 53.5 Å². The van der Waals surface area contributed by atoms with Crippen LogP contribution in [0, 0.1) is 6.92 Å². The predicted molar refractivity (Wildman–Crippen MR) is 95.4 cm³/mol. The number of amides is 1. The molecule has 0 atom stereocenters. The molecule has 0 radical (unpaired) electrons. The molecule has 5 nitrogen and oxygen atoms in total. The zero-order valence-corrected chi connectivity index (χ0v) is 15.2. The fourth-order valence-corrected chi connectivity index (χ4v) is 3.77. The smallest absolute Gasteiger partial charge is 0.264 e. The summed E-state index contributed by atoms with van der Waals surface area (Å²) in [6.45, 7) is 10.1.